The van der Waals surface area contributed by atoms with E-state index in [1.165, 1.54) is 0 Å². The lowest BCUT2D eigenvalue weighted by Crippen LogP contribution is -2.21. The van der Waals surface area contributed by atoms with Crippen LogP contribution in [0.25, 0.3) is 10.9 Å². The molecule has 0 aliphatic carbocycles. The van der Waals surface area contributed by atoms with E-state index in [-0.39, 0.29) is 0 Å². The predicted molar refractivity (Wildman–Crippen MR) is 76.0 cm³/mol. The summed E-state index contributed by atoms with van der Waals surface area (Å²) in [5.74, 6) is 0. The third-order valence-corrected chi connectivity index (χ3v) is 3.17. The number of nitrogens with zero attached hydrogens (tertiary/aromatic N) is 2. The number of nitrogens with one attached hydrogen (secondary N) is 1. The van der Waals surface area contributed by atoms with Gasteiger partial charge in [0.05, 0.1) is 18.2 Å². The molecule has 0 saturated carbocycles. The number of ether oxygens (including phenoxy) is 1. The molecule has 1 N–H and O–H groups in total. The van der Waals surface area contributed by atoms with E-state index in [0.29, 0.717) is 0 Å². The molecule has 0 aliphatic rings. The van der Waals surface area contributed by atoms with Crippen molar-refractivity contribution in [2.24, 2.45) is 0 Å². The molecule has 2 rings (SSSR count). The van der Waals surface area contributed by atoms with E-state index < -0.39 is 0 Å². The average molecular weight is 257 g/mol. The van der Waals surface area contributed by atoms with Crippen LogP contribution >= 0.6 is 0 Å². The molecule has 19 heavy (non-hydrogen) atoms. The number of aryl methyl sites for hydroxylation is 1. The molecule has 1 aromatic carbocycles. The number of rotatable bonds is 7. The van der Waals surface area contributed by atoms with Crippen molar-refractivity contribution in [2.45, 2.75) is 13.0 Å². The Morgan fingerprint density at radius 2 is 2.21 bits per heavy atom. The van der Waals surface area contributed by atoms with E-state index in [9.17, 15) is 0 Å². The molecule has 100 valence electrons. The first-order chi connectivity index (χ1) is 9.36. The van der Waals surface area contributed by atoms with E-state index in [1.54, 1.807) is 7.11 Å². The molecule has 0 saturated heterocycles. The Balaban J connectivity index is 1.93. The molecular weight excluding hydrogens is 238 g/mol. The first kappa shape index (κ1) is 13.6. The second-order valence-corrected chi connectivity index (χ2v) is 4.46. The Morgan fingerprint density at radius 1 is 1.32 bits per heavy atom. The van der Waals surface area contributed by atoms with Gasteiger partial charge in [0.15, 0.2) is 0 Å². The number of hydrogen-bond acceptors (Lipinski definition) is 3. The number of hydrogen-bond donors (Lipinski definition) is 1. The van der Waals surface area contributed by atoms with Crippen LogP contribution in [0.2, 0.25) is 0 Å². The number of fused-ring (bicyclic) bond motifs is 1. The molecule has 0 amide bonds. The van der Waals surface area contributed by atoms with Crippen molar-refractivity contribution in [3.05, 3.63) is 36.0 Å². The highest BCUT2D eigenvalue weighted by molar-refractivity contribution is 5.85. The van der Waals surface area contributed by atoms with Crippen LogP contribution in [0.4, 0.5) is 0 Å². The maximum atomic E-state index is 9.06. The van der Waals surface area contributed by atoms with Gasteiger partial charge in [-0.3, -0.25) is 0 Å². The van der Waals surface area contributed by atoms with Crippen LogP contribution in [0, 0.1) is 11.3 Å². The summed E-state index contributed by atoms with van der Waals surface area (Å²) in [6.45, 7) is 3.57. The minimum Gasteiger partial charge on any atom is -0.383 e. The highest BCUT2D eigenvalue weighted by atomic mass is 16.5. The minimum absolute atomic E-state index is 0.745. The molecule has 1 heterocycles. The smallest absolute Gasteiger partial charge is 0.0998 e. The summed E-state index contributed by atoms with van der Waals surface area (Å²) in [4.78, 5) is 0. The number of aromatic nitrogens is 1. The lowest BCUT2D eigenvalue weighted by atomic mass is 10.1. The van der Waals surface area contributed by atoms with Gasteiger partial charge < -0.3 is 14.6 Å². The Labute approximate surface area is 113 Å². The second-order valence-electron chi connectivity index (χ2n) is 4.46. The molecule has 1 aromatic heterocycles. The van der Waals surface area contributed by atoms with Crippen molar-refractivity contribution in [1.82, 2.24) is 9.88 Å². The van der Waals surface area contributed by atoms with Crippen molar-refractivity contribution >= 4 is 10.9 Å². The number of methoxy groups -OCH3 is 1. The maximum absolute atomic E-state index is 9.06. The summed E-state index contributed by atoms with van der Waals surface area (Å²) < 4.78 is 7.18. The van der Waals surface area contributed by atoms with Gasteiger partial charge in [-0.2, -0.15) is 5.26 Å². The SMILES string of the molecule is COCCNCCCn1ccc2c(C#N)cccc21. The Hall–Kier alpha value is -1.83. The zero-order valence-electron chi connectivity index (χ0n) is 11.2. The van der Waals surface area contributed by atoms with Gasteiger partial charge in [0.1, 0.15) is 0 Å². The fourth-order valence-corrected chi connectivity index (χ4v) is 2.19. The first-order valence-electron chi connectivity index (χ1n) is 6.54. The molecule has 4 nitrogen and oxygen atoms in total. The number of nitriles is 1. The largest absolute Gasteiger partial charge is 0.383 e. The normalized spacial score (nSPS) is 10.7. The molecule has 0 unspecified atom stereocenters. The van der Waals surface area contributed by atoms with Gasteiger partial charge in [0.25, 0.3) is 0 Å². The lowest BCUT2D eigenvalue weighted by Gasteiger charge is -2.07. The molecule has 0 radical (unpaired) electrons. The van der Waals surface area contributed by atoms with Gasteiger partial charge in [0.2, 0.25) is 0 Å². The van der Waals surface area contributed by atoms with E-state index >= 15 is 0 Å². The highest BCUT2D eigenvalue weighted by Gasteiger charge is 2.04. The van der Waals surface area contributed by atoms with E-state index in [2.05, 4.69) is 28.2 Å². The molecule has 0 aliphatic heterocycles. The van der Waals surface area contributed by atoms with Crippen LogP contribution in [0.3, 0.4) is 0 Å². The molecular formula is C15H19N3O. The summed E-state index contributed by atoms with van der Waals surface area (Å²) >= 11 is 0. The van der Waals surface area contributed by atoms with Gasteiger partial charge >= 0.3 is 0 Å². The van der Waals surface area contributed by atoms with Crippen LogP contribution in [0.1, 0.15) is 12.0 Å². The van der Waals surface area contributed by atoms with E-state index in [4.69, 9.17) is 10.00 Å². The Bertz CT molecular complexity index is 568. The van der Waals surface area contributed by atoms with Gasteiger partial charge in [-0.05, 0) is 31.2 Å². The third kappa shape index (κ3) is 3.34. The molecule has 0 bridgehead atoms. The Morgan fingerprint density at radius 3 is 3.00 bits per heavy atom. The van der Waals surface area contributed by atoms with Crippen molar-refractivity contribution < 1.29 is 4.74 Å². The summed E-state index contributed by atoms with van der Waals surface area (Å²) in [6, 6.07) is 10.1. The van der Waals surface area contributed by atoms with E-state index in [0.717, 1.165) is 49.1 Å². The van der Waals surface area contributed by atoms with Crippen molar-refractivity contribution in [1.29, 1.82) is 5.26 Å². The quantitative estimate of drug-likeness (QED) is 0.773. The molecule has 0 spiro atoms. The second kappa shape index (κ2) is 6.93. The van der Waals surface area contributed by atoms with Crippen LogP contribution in [0.15, 0.2) is 30.5 Å². The molecule has 2 aromatic rings. The van der Waals surface area contributed by atoms with Gasteiger partial charge in [0, 0.05) is 37.3 Å². The fourth-order valence-electron chi connectivity index (χ4n) is 2.19. The van der Waals surface area contributed by atoms with Crippen LogP contribution < -0.4 is 5.32 Å². The average Bonchev–Trinajstić information content (AvgIpc) is 2.86. The maximum Gasteiger partial charge on any atom is 0.0998 e. The van der Waals surface area contributed by atoms with E-state index in [1.807, 2.05) is 18.2 Å². The van der Waals surface area contributed by atoms with Crippen LogP contribution in [0.5, 0.6) is 0 Å². The van der Waals surface area contributed by atoms with Crippen molar-refractivity contribution in [3.8, 4) is 6.07 Å². The zero-order valence-corrected chi connectivity index (χ0v) is 11.2. The fraction of sp³-hybridized carbons (Fsp3) is 0.400. The van der Waals surface area contributed by atoms with Crippen molar-refractivity contribution in [2.75, 3.05) is 26.8 Å². The summed E-state index contributed by atoms with van der Waals surface area (Å²) in [7, 11) is 1.71. The number of benzene rings is 1. The van der Waals surface area contributed by atoms with Crippen LogP contribution in [-0.2, 0) is 11.3 Å². The first-order valence-corrected chi connectivity index (χ1v) is 6.54. The summed E-state index contributed by atoms with van der Waals surface area (Å²) in [6.07, 6.45) is 3.12. The summed E-state index contributed by atoms with van der Waals surface area (Å²) in [5, 5.41) is 13.4. The Kier molecular flexibility index (Phi) is 4.96. The standard InChI is InChI=1S/C15H19N3O/c1-19-11-8-17-7-3-9-18-10-6-14-13(12-16)4-2-5-15(14)18/h2,4-6,10,17H,3,7-9,11H2,1H3. The molecule has 0 fully saturated rings. The predicted octanol–water partition coefficient (Wildman–Crippen LogP) is 2.14. The zero-order chi connectivity index (χ0) is 13.5. The van der Waals surface area contributed by atoms with Gasteiger partial charge in [-0.15, -0.1) is 0 Å². The highest BCUT2D eigenvalue weighted by Crippen LogP contribution is 2.19. The van der Waals surface area contributed by atoms with Crippen molar-refractivity contribution in [3.63, 3.8) is 0 Å². The van der Waals surface area contributed by atoms with Gasteiger partial charge in [-0.1, -0.05) is 6.07 Å². The third-order valence-electron chi connectivity index (χ3n) is 3.17. The topological polar surface area (TPSA) is 50.0 Å². The minimum atomic E-state index is 0.745. The molecule has 0 atom stereocenters. The lowest BCUT2D eigenvalue weighted by molar-refractivity contribution is 0.199. The van der Waals surface area contributed by atoms with Gasteiger partial charge in [-0.25, -0.2) is 0 Å². The molecule has 4 heteroatoms. The monoisotopic (exact) mass is 257 g/mol. The van der Waals surface area contributed by atoms with Crippen LogP contribution in [-0.4, -0.2) is 31.4 Å². The summed E-state index contributed by atoms with van der Waals surface area (Å²) in [5.41, 5.74) is 1.88.